The second-order valence-electron chi connectivity index (χ2n) is 15.3. The lowest BCUT2D eigenvalue weighted by molar-refractivity contribution is -0.134. The second-order valence-corrected chi connectivity index (χ2v) is 15.3. The SMILES string of the molecule is CC(=O)c1c(C)c2cnc(Nc3ccc(N4CCC(N5CCC(c6ccc(C7CCC(=O)NC7=O)cc6)CC5)CC4)cn3)nc2n(C2CCCC2)c1=O. The maximum atomic E-state index is 13.6. The average molecular weight is 717 g/mol. The second kappa shape index (κ2) is 14.8. The first-order chi connectivity index (χ1) is 25.7. The fraction of sp³-hybridized carbons (Fsp3) is 0.488. The lowest BCUT2D eigenvalue weighted by Crippen LogP contribution is -2.47. The Balaban J connectivity index is 0.857. The molecule has 53 heavy (non-hydrogen) atoms. The van der Waals surface area contributed by atoms with Crippen LogP contribution in [0.3, 0.4) is 0 Å². The lowest BCUT2D eigenvalue weighted by atomic mass is 9.85. The molecule has 8 rings (SSSR count). The number of fused-ring (bicyclic) bond motifs is 1. The Kier molecular flexibility index (Phi) is 9.80. The van der Waals surface area contributed by atoms with Crippen molar-refractivity contribution in [3.63, 3.8) is 0 Å². The van der Waals surface area contributed by atoms with Crippen molar-refractivity contribution < 1.29 is 14.4 Å². The molecule has 12 nitrogen and oxygen atoms in total. The number of nitrogens with zero attached hydrogens (tertiary/aromatic N) is 6. The zero-order chi connectivity index (χ0) is 36.6. The molecule has 0 spiro atoms. The van der Waals surface area contributed by atoms with Gasteiger partial charge in [0, 0.05) is 43.2 Å². The van der Waals surface area contributed by atoms with Gasteiger partial charge < -0.3 is 15.1 Å². The number of hydrogen-bond donors (Lipinski definition) is 2. The quantitative estimate of drug-likeness (QED) is 0.167. The van der Waals surface area contributed by atoms with Gasteiger partial charge in [0.25, 0.3) is 5.56 Å². The van der Waals surface area contributed by atoms with Gasteiger partial charge in [0.1, 0.15) is 11.5 Å². The largest absolute Gasteiger partial charge is 0.370 e. The zero-order valence-electron chi connectivity index (χ0n) is 30.6. The van der Waals surface area contributed by atoms with Gasteiger partial charge in [-0.3, -0.25) is 29.1 Å². The summed E-state index contributed by atoms with van der Waals surface area (Å²) in [4.78, 5) is 69.0. The molecule has 3 aliphatic heterocycles. The lowest BCUT2D eigenvalue weighted by Gasteiger charge is -2.42. The normalized spacial score (nSPS) is 20.9. The minimum atomic E-state index is -0.259. The number of hydrogen-bond acceptors (Lipinski definition) is 10. The molecular formula is C41H48N8O4. The first-order valence-corrected chi connectivity index (χ1v) is 19.3. The van der Waals surface area contributed by atoms with Crippen molar-refractivity contribution in [2.75, 3.05) is 36.4 Å². The van der Waals surface area contributed by atoms with Crippen LogP contribution in [0.2, 0.25) is 0 Å². The Morgan fingerprint density at radius 3 is 2.19 bits per heavy atom. The highest BCUT2D eigenvalue weighted by atomic mass is 16.2. The van der Waals surface area contributed by atoms with Crippen LogP contribution in [0.5, 0.6) is 0 Å². The van der Waals surface area contributed by atoms with Gasteiger partial charge in [-0.05, 0) is 107 Å². The van der Waals surface area contributed by atoms with Crippen LogP contribution >= 0.6 is 0 Å². The number of aryl methyl sites for hydroxylation is 1. The number of anilines is 3. The third kappa shape index (κ3) is 7.08. The van der Waals surface area contributed by atoms with E-state index < -0.39 is 0 Å². The molecule has 12 heteroatoms. The van der Waals surface area contributed by atoms with Gasteiger partial charge in [0.05, 0.1) is 23.4 Å². The number of carbonyl (C=O) groups is 3. The summed E-state index contributed by atoms with van der Waals surface area (Å²) in [7, 11) is 0. The molecule has 1 saturated carbocycles. The number of pyridine rings is 2. The summed E-state index contributed by atoms with van der Waals surface area (Å²) in [5, 5.41) is 6.43. The molecule has 1 unspecified atom stereocenters. The molecule has 6 heterocycles. The van der Waals surface area contributed by atoms with Crippen LogP contribution in [0.15, 0.2) is 53.6 Å². The molecule has 1 aliphatic carbocycles. The van der Waals surface area contributed by atoms with Crippen molar-refractivity contribution >= 4 is 46.1 Å². The van der Waals surface area contributed by atoms with Crippen LogP contribution in [0.4, 0.5) is 17.5 Å². The van der Waals surface area contributed by atoms with E-state index in [1.165, 1.54) is 12.5 Å². The van der Waals surface area contributed by atoms with E-state index in [-0.39, 0.29) is 40.7 Å². The topological polar surface area (TPSA) is 142 Å². The molecule has 2 amide bonds. The highest BCUT2D eigenvalue weighted by molar-refractivity contribution is 6.01. The van der Waals surface area contributed by atoms with E-state index >= 15 is 0 Å². The minimum absolute atomic E-state index is 0.0258. The molecule has 4 fully saturated rings. The number of carbonyl (C=O) groups excluding carboxylic acids is 3. The van der Waals surface area contributed by atoms with E-state index in [9.17, 15) is 19.2 Å². The minimum Gasteiger partial charge on any atom is -0.370 e. The first-order valence-electron chi connectivity index (χ1n) is 19.3. The third-order valence-electron chi connectivity index (χ3n) is 12.2. The average Bonchev–Trinajstić information content (AvgIpc) is 3.70. The van der Waals surface area contributed by atoms with E-state index in [0.29, 0.717) is 47.8 Å². The summed E-state index contributed by atoms with van der Waals surface area (Å²) in [6.07, 6.45) is 13.0. The van der Waals surface area contributed by atoms with Gasteiger partial charge in [0.2, 0.25) is 17.8 Å². The molecule has 3 aromatic heterocycles. The maximum absolute atomic E-state index is 13.6. The maximum Gasteiger partial charge on any atom is 0.263 e. The molecule has 0 bridgehead atoms. The Labute approximate surface area is 309 Å². The predicted octanol–water partition coefficient (Wildman–Crippen LogP) is 5.92. The summed E-state index contributed by atoms with van der Waals surface area (Å²) >= 11 is 0. The number of amides is 2. The van der Waals surface area contributed by atoms with Crippen molar-refractivity contribution in [1.29, 1.82) is 0 Å². The number of piperidine rings is 3. The van der Waals surface area contributed by atoms with Crippen LogP contribution in [0.25, 0.3) is 11.0 Å². The summed E-state index contributed by atoms with van der Waals surface area (Å²) in [6.45, 7) is 7.40. The van der Waals surface area contributed by atoms with Crippen molar-refractivity contribution in [3.05, 3.63) is 81.4 Å². The number of nitrogens with one attached hydrogen (secondary N) is 2. The van der Waals surface area contributed by atoms with E-state index in [4.69, 9.17) is 9.97 Å². The number of likely N-dealkylation sites (tertiary alicyclic amines) is 1. The van der Waals surface area contributed by atoms with Gasteiger partial charge >= 0.3 is 0 Å². The van der Waals surface area contributed by atoms with Gasteiger partial charge in [-0.1, -0.05) is 37.1 Å². The standard InChI is InChI=1S/C41H48N8O4/c1-25-34-24-43-41(46-38(34)49(31-5-3-4-6-31)40(53)37(25)26(2)50)44-35-13-11-32(23-42-35)48-21-17-30(18-22-48)47-19-15-28(16-20-47)27-7-9-29(10-8-27)33-12-14-36(51)45-39(33)52/h7-11,13,23-24,28,30-31,33H,3-6,12,14-22H2,1-2H3,(H,45,51,52)(H,42,43,44,46). The predicted molar refractivity (Wildman–Crippen MR) is 204 cm³/mol. The van der Waals surface area contributed by atoms with E-state index in [0.717, 1.165) is 94.2 Å². The molecule has 4 aromatic rings. The fourth-order valence-electron chi connectivity index (χ4n) is 9.17. The van der Waals surface area contributed by atoms with Gasteiger partial charge in [-0.15, -0.1) is 0 Å². The van der Waals surface area contributed by atoms with Crippen LogP contribution in [0.1, 0.15) is 116 Å². The number of Topliss-reactive ketones (excluding diaryl/α,β-unsaturated/α-hetero) is 1. The van der Waals surface area contributed by atoms with Crippen LogP contribution in [-0.2, 0) is 9.59 Å². The number of imide groups is 1. The molecule has 0 radical (unpaired) electrons. The van der Waals surface area contributed by atoms with Crippen molar-refractivity contribution in [2.24, 2.45) is 0 Å². The van der Waals surface area contributed by atoms with Crippen molar-refractivity contribution in [2.45, 2.75) is 102 Å². The summed E-state index contributed by atoms with van der Waals surface area (Å²) in [5.41, 5.74) is 4.59. The van der Waals surface area contributed by atoms with Crippen LogP contribution < -0.4 is 21.1 Å². The van der Waals surface area contributed by atoms with Gasteiger partial charge in [-0.2, -0.15) is 4.98 Å². The Morgan fingerprint density at radius 1 is 0.811 bits per heavy atom. The summed E-state index contributed by atoms with van der Waals surface area (Å²) < 4.78 is 1.73. The van der Waals surface area contributed by atoms with Crippen LogP contribution in [-0.4, -0.2) is 74.2 Å². The third-order valence-corrected chi connectivity index (χ3v) is 12.2. The summed E-state index contributed by atoms with van der Waals surface area (Å²) in [6, 6.07) is 13.2. The zero-order valence-corrected chi connectivity index (χ0v) is 30.6. The molecule has 4 aliphatic rings. The molecule has 3 saturated heterocycles. The van der Waals surface area contributed by atoms with E-state index in [1.54, 1.807) is 17.7 Å². The monoisotopic (exact) mass is 716 g/mol. The molecule has 1 aromatic carbocycles. The number of aromatic nitrogens is 4. The number of ketones is 1. The van der Waals surface area contributed by atoms with Crippen LogP contribution in [0, 0.1) is 6.92 Å². The van der Waals surface area contributed by atoms with Gasteiger partial charge in [-0.25, -0.2) is 9.97 Å². The van der Waals surface area contributed by atoms with Crippen molar-refractivity contribution in [1.82, 2.24) is 29.7 Å². The molecule has 2 N–H and O–H groups in total. The number of rotatable bonds is 8. The van der Waals surface area contributed by atoms with Crippen molar-refractivity contribution in [3.8, 4) is 0 Å². The van der Waals surface area contributed by atoms with Gasteiger partial charge in [0.15, 0.2) is 5.78 Å². The van der Waals surface area contributed by atoms with E-state index in [2.05, 4.69) is 55.7 Å². The smallest absolute Gasteiger partial charge is 0.263 e. The molecule has 1 atom stereocenters. The Morgan fingerprint density at radius 2 is 1.53 bits per heavy atom. The Bertz CT molecular complexity index is 2070. The first kappa shape index (κ1) is 35.1. The summed E-state index contributed by atoms with van der Waals surface area (Å²) in [5.74, 6) is 0.706. The Hall–Kier alpha value is -4.97. The van der Waals surface area contributed by atoms with E-state index in [1.807, 2.05) is 12.3 Å². The fourth-order valence-corrected chi connectivity index (χ4v) is 9.17. The molecular weight excluding hydrogens is 669 g/mol. The molecule has 276 valence electrons. The number of benzene rings is 1. The highest BCUT2D eigenvalue weighted by Crippen LogP contribution is 2.34. The highest BCUT2D eigenvalue weighted by Gasteiger charge is 2.31.